The fourth-order valence-corrected chi connectivity index (χ4v) is 3.02. The van der Waals surface area contributed by atoms with Crippen LogP contribution in [-0.2, 0) is 6.42 Å². The summed E-state index contributed by atoms with van der Waals surface area (Å²) in [5.74, 6) is 0.671. The van der Waals surface area contributed by atoms with E-state index in [1.807, 2.05) is 0 Å². The van der Waals surface area contributed by atoms with Gasteiger partial charge >= 0.3 is 0 Å². The van der Waals surface area contributed by atoms with Crippen LogP contribution in [0, 0.1) is 0 Å². The summed E-state index contributed by atoms with van der Waals surface area (Å²) < 4.78 is 1.11. The normalized spacial score (nSPS) is 23.6. The zero-order valence-electron chi connectivity index (χ0n) is 11.2. The molecule has 4 heteroatoms. The van der Waals surface area contributed by atoms with Crippen molar-refractivity contribution in [2.75, 3.05) is 6.54 Å². The maximum Gasteiger partial charge on any atom is 0.192 e. The molecule has 2 N–H and O–H groups in total. The third-order valence-electron chi connectivity index (χ3n) is 3.42. The van der Waals surface area contributed by atoms with Crippen molar-refractivity contribution < 1.29 is 0 Å². The van der Waals surface area contributed by atoms with Crippen LogP contribution >= 0.6 is 15.9 Å². The summed E-state index contributed by atoms with van der Waals surface area (Å²) in [6.45, 7) is 7.33. The Kier molecular flexibility index (Phi) is 3.66. The number of aliphatic imine (C=N–C) groups is 1. The van der Waals surface area contributed by atoms with Gasteiger partial charge in [0.15, 0.2) is 5.96 Å². The summed E-state index contributed by atoms with van der Waals surface area (Å²) in [5, 5.41) is 0. The summed E-state index contributed by atoms with van der Waals surface area (Å²) in [6, 6.07) is 8.84. The Hall–Kier alpha value is -1.03. The Labute approximate surface area is 117 Å². The average Bonchev–Trinajstić information content (AvgIpc) is 2.58. The topological polar surface area (TPSA) is 41.6 Å². The zero-order chi connectivity index (χ0) is 13.3. The summed E-state index contributed by atoms with van der Waals surface area (Å²) in [4.78, 5) is 6.65. The van der Waals surface area contributed by atoms with E-state index in [-0.39, 0.29) is 5.54 Å². The van der Waals surface area contributed by atoms with Crippen molar-refractivity contribution in [2.45, 2.75) is 38.8 Å². The minimum atomic E-state index is -0.00786. The van der Waals surface area contributed by atoms with E-state index < -0.39 is 0 Å². The number of hydrogen-bond donors (Lipinski definition) is 1. The predicted molar refractivity (Wildman–Crippen MR) is 79.7 cm³/mol. The molecule has 2 rings (SSSR count). The lowest BCUT2D eigenvalue weighted by Crippen LogP contribution is -2.54. The number of hydrogen-bond acceptors (Lipinski definition) is 3. The number of halogens is 1. The molecule has 1 atom stereocenters. The first-order valence-corrected chi connectivity index (χ1v) is 7.05. The molecule has 0 aliphatic carbocycles. The lowest BCUT2D eigenvalue weighted by atomic mass is 9.91. The van der Waals surface area contributed by atoms with Gasteiger partial charge in [0.25, 0.3) is 0 Å². The molecule has 0 bridgehead atoms. The van der Waals surface area contributed by atoms with Crippen LogP contribution in [0.3, 0.4) is 0 Å². The smallest absolute Gasteiger partial charge is 0.192 e. The van der Waals surface area contributed by atoms with Crippen LogP contribution in [0.2, 0.25) is 0 Å². The van der Waals surface area contributed by atoms with Gasteiger partial charge in [0, 0.05) is 10.5 Å². The number of rotatable bonds is 3. The SMILES string of the molecule is CC(C)N1C(N)=NCC1(C)Cc1ccc(Br)cc1. The largest absolute Gasteiger partial charge is 0.370 e. The molecule has 18 heavy (non-hydrogen) atoms. The molecule has 0 fully saturated rings. The van der Waals surface area contributed by atoms with Gasteiger partial charge in [-0.15, -0.1) is 0 Å². The Balaban J connectivity index is 2.19. The molecule has 1 aromatic carbocycles. The van der Waals surface area contributed by atoms with Gasteiger partial charge < -0.3 is 10.6 Å². The molecule has 1 unspecified atom stereocenters. The number of nitrogens with zero attached hydrogens (tertiary/aromatic N) is 2. The molecular weight excluding hydrogens is 290 g/mol. The van der Waals surface area contributed by atoms with Crippen LogP contribution in [0.4, 0.5) is 0 Å². The molecule has 1 aliphatic heterocycles. The second-order valence-electron chi connectivity index (χ2n) is 5.44. The Morgan fingerprint density at radius 3 is 2.56 bits per heavy atom. The van der Waals surface area contributed by atoms with Crippen molar-refractivity contribution in [3.63, 3.8) is 0 Å². The third kappa shape index (κ3) is 2.53. The molecule has 1 aliphatic rings. The van der Waals surface area contributed by atoms with Crippen molar-refractivity contribution in [1.29, 1.82) is 0 Å². The van der Waals surface area contributed by atoms with Gasteiger partial charge in [-0.05, 0) is 44.9 Å². The van der Waals surface area contributed by atoms with Gasteiger partial charge in [-0.2, -0.15) is 0 Å². The molecule has 0 radical (unpaired) electrons. The summed E-state index contributed by atoms with van der Waals surface area (Å²) >= 11 is 3.46. The monoisotopic (exact) mass is 309 g/mol. The van der Waals surface area contributed by atoms with Crippen molar-refractivity contribution in [2.24, 2.45) is 10.7 Å². The average molecular weight is 310 g/mol. The highest BCUT2D eigenvalue weighted by molar-refractivity contribution is 9.10. The molecule has 0 spiro atoms. The molecule has 0 saturated heterocycles. The van der Waals surface area contributed by atoms with E-state index >= 15 is 0 Å². The maximum absolute atomic E-state index is 6.00. The number of benzene rings is 1. The first kappa shape index (κ1) is 13.4. The highest BCUT2D eigenvalue weighted by Gasteiger charge is 2.39. The third-order valence-corrected chi connectivity index (χ3v) is 3.95. The van der Waals surface area contributed by atoms with E-state index in [1.54, 1.807) is 0 Å². The summed E-state index contributed by atoms with van der Waals surface area (Å²) in [6.07, 6.45) is 0.961. The molecule has 0 aromatic heterocycles. The second-order valence-corrected chi connectivity index (χ2v) is 6.35. The molecule has 3 nitrogen and oxygen atoms in total. The van der Waals surface area contributed by atoms with Crippen LogP contribution in [0.5, 0.6) is 0 Å². The first-order chi connectivity index (χ1) is 8.42. The minimum Gasteiger partial charge on any atom is -0.370 e. The minimum absolute atomic E-state index is 0.00786. The van der Waals surface area contributed by atoms with E-state index in [9.17, 15) is 0 Å². The van der Waals surface area contributed by atoms with Crippen LogP contribution in [0.1, 0.15) is 26.3 Å². The van der Waals surface area contributed by atoms with E-state index in [4.69, 9.17) is 5.73 Å². The Morgan fingerprint density at radius 2 is 2.00 bits per heavy atom. The van der Waals surface area contributed by atoms with Gasteiger partial charge in [-0.3, -0.25) is 4.99 Å². The maximum atomic E-state index is 6.00. The van der Waals surface area contributed by atoms with Crippen molar-refractivity contribution in [3.05, 3.63) is 34.3 Å². The van der Waals surface area contributed by atoms with Gasteiger partial charge in [0.2, 0.25) is 0 Å². The molecule has 0 saturated carbocycles. The van der Waals surface area contributed by atoms with Gasteiger partial charge in [-0.25, -0.2) is 0 Å². The molecule has 1 aromatic rings. The van der Waals surface area contributed by atoms with Gasteiger partial charge in [-0.1, -0.05) is 28.1 Å². The van der Waals surface area contributed by atoms with Crippen LogP contribution < -0.4 is 5.73 Å². The van der Waals surface area contributed by atoms with Crippen LogP contribution in [0.15, 0.2) is 33.7 Å². The molecular formula is C14H20BrN3. The highest BCUT2D eigenvalue weighted by atomic mass is 79.9. The lowest BCUT2D eigenvalue weighted by Gasteiger charge is -2.39. The Morgan fingerprint density at radius 1 is 1.39 bits per heavy atom. The number of nitrogens with two attached hydrogens (primary N) is 1. The zero-order valence-corrected chi connectivity index (χ0v) is 12.7. The number of guanidine groups is 1. The van der Waals surface area contributed by atoms with Crippen LogP contribution in [-0.4, -0.2) is 29.0 Å². The second kappa shape index (κ2) is 4.92. The van der Waals surface area contributed by atoms with Crippen molar-refractivity contribution in [1.82, 2.24) is 4.90 Å². The summed E-state index contributed by atoms with van der Waals surface area (Å²) in [5.41, 5.74) is 7.31. The quantitative estimate of drug-likeness (QED) is 0.933. The lowest BCUT2D eigenvalue weighted by molar-refractivity contribution is 0.183. The Bertz CT molecular complexity index is 453. The van der Waals surface area contributed by atoms with Crippen LogP contribution in [0.25, 0.3) is 0 Å². The fraction of sp³-hybridized carbons (Fsp3) is 0.500. The first-order valence-electron chi connectivity index (χ1n) is 6.26. The van der Waals surface area contributed by atoms with Crippen molar-refractivity contribution >= 4 is 21.9 Å². The molecule has 0 amide bonds. The van der Waals surface area contributed by atoms with E-state index in [0.717, 1.165) is 17.4 Å². The molecule has 1 heterocycles. The standard InChI is InChI=1S/C14H20BrN3/c1-10(2)18-13(16)17-9-14(18,3)8-11-4-6-12(15)7-5-11/h4-7,10H,8-9H2,1-3H3,(H2,16,17). The van der Waals surface area contributed by atoms with Gasteiger partial charge in [0.05, 0.1) is 12.1 Å². The van der Waals surface area contributed by atoms with E-state index in [1.165, 1.54) is 5.56 Å². The van der Waals surface area contributed by atoms with E-state index in [0.29, 0.717) is 12.0 Å². The predicted octanol–water partition coefficient (Wildman–Crippen LogP) is 2.79. The summed E-state index contributed by atoms with van der Waals surface area (Å²) in [7, 11) is 0. The molecule has 98 valence electrons. The highest BCUT2D eigenvalue weighted by Crippen LogP contribution is 2.28. The van der Waals surface area contributed by atoms with Gasteiger partial charge in [0.1, 0.15) is 0 Å². The van der Waals surface area contributed by atoms with E-state index in [2.05, 4.69) is 70.9 Å². The fourth-order valence-electron chi connectivity index (χ4n) is 2.75. The van der Waals surface area contributed by atoms with Crippen molar-refractivity contribution in [3.8, 4) is 0 Å².